The van der Waals surface area contributed by atoms with Crippen LogP contribution in [0.15, 0.2) is 0 Å². The molecule has 74 valence electrons. The maximum Gasteiger partial charge on any atom is 0.0595 e. The molecule has 0 amide bonds. The van der Waals surface area contributed by atoms with Crippen LogP contribution in [-0.2, 0) is 0 Å². The van der Waals surface area contributed by atoms with Gasteiger partial charge in [-0.1, -0.05) is 27.7 Å². The van der Waals surface area contributed by atoms with Gasteiger partial charge in [-0.25, -0.2) is 0 Å². The van der Waals surface area contributed by atoms with Crippen LogP contribution in [0, 0.1) is 17.8 Å². The van der Waals surface area contributed by atoms with Gasteiger partial charge in [0.2, 0.25) is 0 Å². The number of rotatable bonds is 5. The van der Waals surface area contributed by atoms with Gasteiger partial charge in [-0.15, -0.1) is 0 Å². The summed E-state index contributed by atoms with van der Waals surface area (Å²) >= 11 is 0. The van der Waals surface area contributed by atoms with Gasteiger partial charge in [-0.2, -0.15) is 0 Å². The molecule has 0 fully saturated rings. The maximum absolute atomic E-state index is 9.69. The molecule has 0 saturated carbocycles. The van der Waals surface area contributed by atoms with Crippen molar-refractivity contribution < 1.29 is 10.2 Å². The lowest BCUT2D eigenvalue weighted by Gasteiger charge is -2.25. The van der Waals surface area contributed by atoms with Gasteiger partial charge in [0, 0.05) is 12.5 Å². The van der Waals surface area contributed by atoms with E-state index in [2.05, 4.69) is 13.8 Å². The van der Waals surface area contributed by atoms with E-state index in [1.54, 1.807) is 0 Å². The minimum atomic E-state index is -0.352. The van der Waals surface area contributed by atoms with Crippen LogP contribution in [0.1, 0.15) is 34.1 Å². The molecule has 0 saturated heterocycles. The van der Waals surface area contributed by atoms with Crippen molar-refractivity contribution in [3.05, 3.63) is 0 Å². The van der Waals surface area contributed by atoms with Gasteiger partial charge >= 0.3 is 0 Å². The van der Waals surface area contributed by atoms with Crippen LogP contribution in [0.25, 0.3) is 0 Å². The molecule has 0 aromatic carbocycles. The first kappa shape index (κ1) is 11.9. The SMILES string of the molecule is CC(C)CC(O)C(CO)C(C)C. The Morgan fingerprint density at radius 3 is 1.83 bits per heavy atom. The van der Waals surface area contributed by atoms with E-state index in [-0.39, 0.29) is 18.6 Å². The fourth-order valence-electron chi connectivity index (χ4n) is 1.43. The summed E-state index contributed by atoms with van der Waals surface area (Å²) in [5.41, 5.74) is 0. The smallest absolute Gasteiger partial charge is 0.0595 e. The quantitative estimate of drug-likeness (QED) is 0.665. The highest BCUT2D eigenvalue weighted by Gasteiger charge is 2.22. The van der Waals surface area contributed by atoms with Gasteiger partial charge in [0.1, 0.15) is 0 Å². The van der Waals surface area contributed by atoms with Gasteiger partial charge in [0.25, 0.3) is 0 Å². The summed E-state index contributed by atoms with van der Waals surface area (Å²) in [5.74, 6) is 0.879. The summed E-state index contributed by atoms with van der Waals surface area (Å²) < 4.78 is 0. The normalized spacial score (nSPS) is 17.0. The first-order valence-electron chi connectivity index (χ1n) is 4.78. The van der Waals surface area contributed by atoms with Crippen LogP contribution in [0.3, 0.4) is 0 Å². The molecule has 0 aliphatic heterocycles. The van der Waals surface area contributed by atoms with E-state index in [1.165, 1.54) is 0 Å². The molecule has 0 spiro atoms. The van der Waals surface area contributed by atoms with Gasteiger partial charge in [-0.3, -0.25) is 0 Å². The van der Waals surface area contributed by atoms with Crippen LogP contribution in [-0.4, -0.2) is 22.9 Å². The summed E-state index contributed by atoms with van der Waals surface area (Å²) in [5, 5.41) is 18.7. The van der Waals surface area contributed by atoms with Gasteiger partial charge in [0.05, 0.1) is 6.10 Å². The molecule has 2 nitrogen and oxygen atoms in total. The summed E-state index contributed by atoms with van der Waals surface area (Å²) in [7, 11) is 0. The highest BCUT2D eigenvalue weighted by Crippen LogP contribution is 2.19. The first-order valence-corrected chi connectivity index (χ1v) is 4.78. The topological polar surface area (TPSA) is 40.5 Å². The molecule has 0 heterocycles. The zero-order chi connectivity index (χ0) is 9.72. The van der Waals surface area contributed by atoms with E-state index in [1.807, 2.05) is 13.8 Å². The molecule has 2 N–H and O–H groups in total. The van der Waals surface area contributed by atoms with Gasteiger partial charge in [-0.05, 0) is 18.3 Å². The minimum absolute atomic E-state index is 0.0346. The lowest BCUT2D eigenvalue weighted by molar-refractivity contribution is 0.0283. The molecule has 0 aromatic heterocycles. The van der Waals surface area contributed by atoms with E-state index in [0.717, 1.165) is 6.42 Å². The Hall–Kier alpha value is -0.0800. The van der Waals surface area contributed by atoms with Gasteiger partial charge in [0.15, 0.2) is 0 Å². The zero-order valence-electron chi connectivity index (χ0n) is 8.62. The fraction of sp³-hybridized carbons (Fsp3) is 1.00. The summed E-state index contributed by atoms with van der Waals surface area (Å²) in [6.45, 7) is 8.32. The van der Waals surface area contributed by atoms with E-state index >= 15 is 0 Å². The number of aliphatic hydroxyl groups excluding tert-OH is 2. The Bertz CT molecular complexity index is 110. The van der Waals surface area contributed by atoms with Crippen molar-refractivity contribution in [3.8, 4) is 0 Å². The standard InChI is InChI=1S/C10H22O2/c1-7(2)5-10(12)9(6-11)8(3)4/h7-12H,5-6H2,1-4H3. The molecule has 2 unspecified atom stereocenters. The largest absolute Gasteiger partial charge is 0.396 e. The molecule has 0 radical (unpaired) electrons. The highest BCUT2D eigenvalue weighted by atomic mass is 16.3. The van der Waals surface area contributed by atoms with Crippen molar-refractivity contribution in [3.63, 3.8) is 0 Å². The van der Waals surface area contributed by atoms with Crippen molar-refractivity contribution in [2.75, 3.05) is 6.61 Å². The Labute approximate surface area is 75.6 Å². The molecule has 0 aromatic rings. The average molecular weight is 174 g/mol. The van der Waals surface area contributed by atoms with E-state index < -0.39 is 0 Å². The number of aliphatic hydroxyl groups is 2. The van der Waals surface area contributed by atoms with Crippen molar-refractivity contribution in [1.82, 2.24) is 0 Å². The van der Waals surface area contributed by atoms with E-state index in [4.69, 9.17) is 5.11 Å². The summed E-state index contributed by atoms with van der Waals surface area (Å²) in [6, 6.07) is 0. The third-order valence-electron chi connectivity index (χ3n) is 2.27. The monoisotopic (exact) mass is 174 g/mol. The van der Waals surface area contributed by atoms with Crippen molar-refractivity contribution in [1.29, 1.82) is 0 Å². The lowest BCUT2D eigenvalue weighted by atomic mass is 9.87. The molecule has 2 heteroatoms. The highest BCUT2D eigenvalue weighted by molar-refractivity contribution is 4.72. The molecule has 0 aliphatic carbocycles. The van der Waals surface area contributed by atoms with Crippen LogP contribution in [0.4, 0.5) is 0 Å². The van der Waals surface area contributed by atoms with Crippen LogP contribution in [0.2, 0.25) is 0 Å². The second-order valence-corrected chi connectivity index (χ2v) is 4.29. The van der Waals surface area contributed by atoms with Gasteiger partial charge < -0.3 is 10.2 Å². The van der Waals surface area contributed by atoms with E-state index in [9.17, 15) is 5.11 Å². The fourth-order valence-corrected chi connectivity index (χ4v) is 1.43. The second-order valence-electron chi connectivity index (χ2n) is 4.29. The minimum Gasteiger partial charge on any atom is -0.396 e. The molecule has 12 heavy (non-hydrogen) atoms. The second kappa shape index (κ2) is 5.55. The van der Waals surface area contributed by atoms with Crippen molar-refractivity contribution >= 4 is 0 Å². The molecular formula is C10H22O2. The Morgan fingerprint density at radius 1 is 1.08 bits per heavy atom. The predicted molar refractivity (Wildman–Crippen MR) is 50.9 cm³/mol. The Morgan fingerprint density at radius 2 is 1.58 bits per heavy atom. The third-order valence-corrected chi connectivity index (χ3v) is 2.27. The average Bonchev–Trinajstić information content (AvgIpc) is 1.85. The number of hydrogen-bond acceptors (Lipinski definition) is 2. The third kappa shape index (κ3) is 4.07. The summed E-state index contributed by atoms with van der Waals surface area (Å²) in [4.78, 5) is 0. The van der Waals surface area contributed by atoms with Crippen molar-refractivity contribution in [2.45, 2.75) is 40.2 Å². The number of hydrogen-bond donors (Lipinski definition) is 2. The molecular weight excluding hydrogens is 152 g/mol. The lowest BCUT2D eigenvalue weighted by Crippen LogP contribution is -2.29. The predicted octanol–water partition coefficient (Wildman–Crippen LogP) is 1.66. The van der Waals surface area contributed by atoms with E-state index in [0.29, 0.717) is 11.8 Å². The van der Waals surface area contributed by atoms with Crippen LogP contribution in [0.5, 0.6) is 0 Å². The van der Waals surface area contributed by atoms with Crippen LogP contribution < -0.4 is 0 Å². The van der Waals surface area contributed by atoms with Crippen LogP contribution >= 0.6 is 0 Å². The molecule has 0 bridgehead atoms. The first-order chi connectivity index (χ1) is 5.49. The molecule has 0 aliphatic rings. The zero-order valence-corrected chi connectivity index (χ0v) is 8.62. The Balaban J connectivity index is 3.94. The summed E-state index contributed by atoms with van der Waals surface area (Å²) in [6.07, 6.45) is 0.429. The maximum atomic E-state index is 9.69. The molecule has 2 atom stereocenters. The molecule has 0 rings (SSSR count). The Kier molecular flexibility index (Phi) is 5.51. The van der Waals surface area contributed by atoms with Crippen molar-refractivity contribution in [2.24, 2.45) is 17.8 Å².